The first-order valence-electron chi connectivity index (χ1n) is 31.8. The van der Waals surface area contributed by atoms with Crippen LogP contribution in [0.5, 0.6) is 0 Å². The molecule has 0 fully saturated rings. The van der Waals surface area contributed by atoms with Crippen LogP contribution in [0.15, 0.2) is 279 Å². The Morgan fingerprint density at radius 1 is 0.245 bits per heavy atom. The second-order valence-electron chi connectivity index (χ2n) is 24.7. The summed E-state index contributed by atoms with van der Waals surface area (Å²) in [5.74, 6) is 1.65. The zero-order chi connectivity index (χ0) is 62.0. The van der Waals surface area contributed by atoms with E-state index in [2.05, 4.69) is 300 Å². The molecule has 0 aliphatic carbocycles. The van der Waals surface area contributed by atoms with Gasteiger partial charge in [0.05, 0.1) is 94.8 Å². The first-order chi connectivity index (χ1) is 46.4. The van der Waals surface area contributed by atoms with Crippen LogP contribution in [0.1, 0.15) is 17.2 Å². The summed E-state index contributed by atoms with van der Waals surface area (Å²) in [5.41, 5.74) is 19.3. The molecule has 20 rings (SSSR count). The van der Waals surface area contributed by atoms with Crippen molar-refractivity contribution in [2.24, 2.45) is 0 Å². The molecule has 0 amide bonds. The fourth-order valence-corrected chi connectivity index (χ4v) is 15.9. The Hall–Kier alpha value is -12.8. The van der Waals surface area contributed by atoms with Crippen molar-refractivity contribution >= 4 is 131 Å². The lowest BCUT2D eigenvalue weighted by Crippen LogP contribution is -2.09. The van der Waals surface area contributed by atoms with E-state index in [-0.39, 0.29) is 0 Å². The third-order valence-corrected chi connectivity index (χ3v) is 19.6. The Kier molecular flexibility index (Phi) is 10.8. The maximum absolute atomic E-state index is 11.8. The number of aryl methyl sites for hydroxylation is 2. The van der Waals surface area contributed by atoms with Crippen LogP contribution in [-0.2, 0) is 0 Å². The Bertz CT molecular complexity index is 5780. The number of rotatable bonds is 7. The third-order valence-electron chi connectivity index (χ3n) is 19.6. The van der Waals surface area contributed by atoms with Crippen LogP contribution < -0.4 is 0 Å². The van der Waals surface area contributed by atoms with Gasteiger partial charge in [0, 0.05) is 87.4 Å². The predicted octanol–water partition coefficient (Wildman–Crippen LogP) is 20.6. The fraction of sp³-hybridized carbons (Fsp3) is 0.0238. The number of fused-ring (bicyclic) bond motifs is 18. The molecule has 0 bridgehead atoms. The highest BCUT2D eigenvalue weighted by Crippen LogP contribution is 2.46. The van der Waals surface area contributed by atoms with Gasteiger partial charge in [-0.25, -0.2) is 15.0 Å². The monoisotopic (exact) mass is 1200 g/mol. The van der Waals surface area contributed by atoms with E-state index in [0.29, 0.717) is 23.0 Å². The van der Waals surface area contributed by atoms with E-state index in [0.717, 1.165) is 127 Å². The van der Waals surface area contributed by atoms with Crippen molar-refractivity contribution in [1.29, 1.82) is 5.26 Å². The van der Waals surface area contributed by atoms with Crippen molar-refractivity contribution in [1.82, 2.24) is 42.4 Å². The van der Waals surface area contributed by atoms with Gasteiger partial charge in [-0.2, -0.15) is 5.26 Å². The lowest BCUT2D eigenvalue weighted by atomic mass is 10.0. The van der Waals surface area contributed by atoms with Crippen molar-refractivity contribution in [2.45, 2.75) is 13.8 Å². The Morgan fingerprint density at radius 2 is 0.468 bits per heavy atom. The van der Waals surface area contributed by atoms with Gasteiger partial charge in [0.15, 0.2) is 5.82 Å². The average molecular weight is 1200 g/mol. The van der Waals surface area contributed by atoms with E-state index in [4.69, 9.17) is 15.0 Å². The Morgan fingerprint density at radius 3 is 0.702 bits per heavy atom. The number of nitrogens with zero attached hydrogens (tertiary/aromatic N) is 10. The smallest absolute Gasteiger partial charge is 0.167 e. The highest BCUT2D eigenvalue weighted by molar-refractivity contribution is 6.17. The van der Waals surface area contributed by atoms with Crippen LogP contribution in [0.2, 0.25) is 0 Å². The van der Waals surface area contributed by atoms with E-state index < -0.39 is 0 Å². The highest BCUT2D eigenvalue weighted by atomic mass is 15.1. The third kappa shape index (κ3) is 7.31. The number of hydrogen-bond acceptors (Lipinski definition) is 4. The molecule has 0 unspecified atom stereocenters. The van der Waals surface area contributed by atoms with Gasteiger partial charge in [-0.05, 0) is 123 Å². The first-order valence-corrected chi connectivity index (χ1v) is 31.8. The van der Waals surface area contributed by atoms with Gasteiger partial charge < -0.3 is 27.4 Å². The Balaban J connectivity index is 0.953. The normalized spacial score (nSPS) is 12.1. The van der Waals surface area contributed by atoms with Crippen LogP contribution >= 0.6 is 0 Å². The van der Waals surface area contributed by atoms with Gasteiger partial charge >= 0.3 is 0 Å². The molecule has 0 N–H and O–H groups in total. The summed E-state index contributed by atoms with van der Waals surface area (Å²) in [4.78, 5) is 15.6. The lowest BCUT2D eigenvalue weighted by molar-refractivity contribution is 0.924. The molecule has 0 saturated heterocycles. The minimum absolute atomic E-state index is 0.468. The van der Waals surface area contributed by atoms with Crippen molar-refractivity contribution < 1.29 is 0 Å². The first kappa shape index (κ1) is 52.0. The number of para-hydroxylation sites is 8. The number of aromatic nitrogens is 9. The molecule has 10 heteroatoms. The van der Waals surface area contributed by atoms with Crippen molar-refractivity contribution in [3.8, 4) is 51.6 Å². The number of benzene rings is 13. The molecule has 0 radical (unpaired) electrons. The largest absolute Gasteiger partial charge is 0.309 e. The molecular weight excluding hydrogens is 1150 g/mol. The summed E-state index contributed by atoms with van der Waals surface area (Å²) in [7, 11) is 0. The molecule has 7 heterocycles. The topological polar surface area (TPSA) is 92.0 Å². The van der Waals surface area contributed by atoms with E-state index in [1.165, 1.54) is 43.1 Å². The maximum Gasteiger partial charge on any atom is 0.167 e. The molecule has 438 valence electrons. The van der Waals surface area contributed by atoms with E-state index >= 15 is 0 Å². The van der Waals surface area contributed by atoms with Crippen molar-refractivity contribution in [2.75, 3.05) is 0 Å². The minimum atomic E-state index is 0.468. The van der Waals surface area contributed by atoms with Gasteiger partial charge in [0.2, 0.25) is 0 Å². The van der Waals surface area contributed by atoms with Crippen LogP contribution in [-0.4, -0.2) is 42.4 Å². The van der Waals surface area contributed by atoms with Crippen LogP contribution in [0, 0.1) is 25.2 Å². The molecule has 0 spiro atoms. The SMILES string of the molecule is Cc1nc(C)nc(-c2c(-n3c4cc(-n5c6ccccc6c6ccccc65)ccc4c4ccc(-n5c6ccccc6c6ccccc65)cc43)cc(C#N)cc2-n2c3cc(-n4c5ccccc5c5ccccc54)ccc3c3ccc(-n4c5ccccc5c5ccccc54)cc32)n1. The van der Waals surface area contributed by atoms with Gasteiger partial charge in [-0.15, -0.1) is 0 Å². The van der Waals surface area contributed by atoms with E-state index in [1.807, 2.05) is 26.0 Å². The van der Waals surface area contributed by atoms with Crippen LogP contribution in [0.4, 0.5) is 0 Å². The molecule has 0 aliphatic heterocycles. The Labute approximate surface area is 537 Å². The summed E-state index contributed by atoms with van der Waals surface area (Å²) in [6, 6.07) is 104. The molecule has 0 atom stereocenters. The van der Waals surface area contributed by atoms with Gasteiger partial charge in [0.25, 0.3) is 0 Å². The second-order valence-corrected chi connectivity index (χ2v) is 24.7. The summed E-state index contributed by atoms with van der Waals surface area (Å²) >= 11 is 0. The van der Waals surface area contributed by atoms with E-state index in [9.17, 15) is 5.26 Å². The molecule has 0 aliphatic rings. The minimum Gasteiger partial charge on any atom is -0.309 e. The molecule has 7 aromatic heterocycles. The number of hydrogen-bond donors (Lipinski definition) is 0. The average Bonchev–Trinajstić information content (AvgIpc) is 1.51. The quantitative estimate of drug-likeness (QED) is 0.159. The molecule has 0 saturated carbocycles. The van der Waals surface area contributed by atoms with Crippen molar-refractivity contribution in [3.05, 3.63) is 296 Å². The summed E-state index contributed by atoms with van der Waals surface area (Å²) in [6.45, 7) is 3.88. The van der Waals surface area contributed by atoms with Crippen LogP contribution in [0.3, 0.4) is 0 Å². The van der Waals surface area contributed by atoms with Gasteiger partial charge in [0.1, 0.15) is 11.6 Å². The molecule has 94 heavy (non-hydrogen) atoms. The number of nitriles is 1. The fourth-order valence-electron chi connectivity index (χ4n) is 15.9. The predicted molar refractivity (Wildman–Crippen MR) is 385 cm³/mol. The zero-order valence-corrected chi connectivity index (χ0v) is 51.0. The van der Waals surface area contributed by atoms with E-state index in [1.54, 1.807) is 0 Å². The van der Waals surface area contributed by atoms with Gasteiger partial charge in [-0.3, -0.25) is 0 Å². The van der Waals surface area contributed by atoms with Gasteiger partial charge in [-0.1, -0.05) is 170 Å². The summed E-state index contributed by atoms with van der Waals surface area (Å²) in [6.07, 6.45) is 0. The maximum atomic E-state index is 11.8. The highest BCUT2D eigenvalue weighted by Gasteiger charge is 2.28. The van der Waals surface area contributed by atoms with Crippen LogP contribution in [0.25, 0.3) is 176 Å². The second kappa shape index (κ2) is 19.6. The zero-order valence-electron chi connectivity index (χ0n) is 51.0. The van der Waals surface area contributed by atoms with Crippen molar-refractivity contribution in [3.63, 3.8) is 0 Å². The molecule has 10 nitrogen and oxygen atoms in total. The molecule has 13 aromatic carbocycles. The summed E-state index contributed by atoms with van der Waals surface area (Å²) < 4.78 is 14.3. The molecular formula is C84H52N10. The molecule has 20 aromatic rings. The standard InChI is InChI=1S/C84H52N10/c1-50-86-51(2)88-84(87-50)83-81(93-77-45-53(89-69-27-11-3-19-57(69)58-20-4-12-28-70(58)89)35-39-65(77)66-40-36-54(46-78(66)93)90-71-29-13-5-21-59(71)60-22-6-14-30-72(60)90)43-52(49-85)44-82(83)94-79-47-55(91-73-31-15-7-23-61(73)62-24-8-16-32-74(62)91)37-41-67(79)68-42-38-56(48-80(68)94)92-75-33-17-9-25-63(75)64-26-10-18-34-76(64)92/h3-48H,1-2H3. The lowest BCUT2D eigenvalue weighted by Gasteiger charge is -2.21. The summed E-state index contributed by atoms with van der Waals surface area (Å²) in [5, 5.41) is 25.5.